The molecule has 0 aromatic heterocycles. The normalized spacial score (nSPS) is 15.8. The van der Waals surface area contributed by atoms with E-state index >= 15 is 0 Å². The smallest absolute Gasteiger partial charge is 0.170 e. The highest BCUT2D eigenvalue weighted by Gasteiger charge is 2.13. The van der Waals surface area contributed by atoms with E-state index in [1.54, 1.807) is 0 Å². The third kappa shape index (κ3) is 3.73. The molecule has 3 rings (SSSR count). The van der Waals surface area contributed by atoms with Crippen LogP contribution in [0.1, 0.15) is 32.1 Å². The molecule has 2 aromatic rings. The first-order valence-corrected chi connectivity index (χ1v) is 8.26. The van der Waals surface area contributed by atoms with Gasteiger partial charge in [-0.05, 0) is 42.4 Å². The Kier molecular flexibility index (Phi) is 4.71. The van der Waals surface area contributed by atoms with E-state index in [1.165, 1.54) is 42.9 Å². The number of thiocarbonyl (C=S) groups is 1. The molecule has 2 nitrogen and oxygen atoms in total. The summed E-state index contributed by atoms with van der Waals surface area (Å²) in [6.07, 6.45) is 6.81. The van der Waals surface area contributed by atoms with E-state index in [2.05, 4.69) is 53.1 Å². The lowest BCUT2D eigenvalue weighted by atomic mass is 9.89. The van der Waals surface area contributed by atoms with E-state index in [1.807, 2.05) is 0 Å². The second-order valence-electron chi connectivity index (χ2n) is 5.87. The van der Waals surface area contributed by atoms with Crippen LogP contribution in [0, 0.1) is 5.92 Å². The predicted octanol–water partition coefficient (Wildman–Crippen LogP) is 4.71. The zero-order valence-electron chi connectivity index (χ0n) is 12.3. The second kappa shape index (κ2) is 6.90. The lowest BCUT2D eigenvalue weighted by Gasteiger charge is -2.22. The van der Waals surface area contributed by atoms with Crippen LogP contribution >= 0.6 is 12.2 Å². The Morgan fingerprint density at radius 3 is 2.62 bits per heavy atom. The van der Waals surface area contributed by atoms with Crippen molar-refractivity contribution in [3.63, 3.8) is 0 Å². The maximum atomic E-state index is 5.45. The van der Waals surface area contributed by atoms with Gasteiger partial charge >= 0.3 is 0 Å². The Morgan fingerprint density at radius 2 is 1.76 bits per heavy atom. The van der Waals surface area contributed by atoms with Crippen molar-refractivity contribution < 1.29 is 0 Å². The lowest BCUT2D eigenvalue weighted by molar-refractivity contribution is 0.357. The Labute approximate surface area is 131 Å². The van der Waals surface area contributed by atoms with Crippen molar-refractivity contribution in [2.75, 3.05) is 11.9 Å². The number of rotatable bonds is 3. The van der Waals surface area contributed by atoms with E-state index in [-0.39, 0.29) is 0 Å². The molecule has 3 heteroatoms. The monoisotopic (exact) mass is 298 g/mol. The van der Waals surface area contributed by atoms with Gasteiger partial charge in [0, 0.05) is 17.6 Å². The number of benzene rings is 2. The second-order valence-corrected chi connectivity index (χ2v) is 6.27. The summed E-state index contributed by atoms with van der Waals surface area (Å²) in [5, 5.41) is 9.91. The van der Waals surface area contributed by atoms with Crippen LogP contribution < -0.4 is 10.6 Å². The summed E-state index contributed by atoms with van der Waals surface area (Å²) in [7, 11) is 0. The van der Waals surface area contributed by atoms with Gasteiger partial charge in [-0.25, -0.2) is 0 Å². The molecule has 1 aliphatic carbocycles. The Hall–Kier alpha value is -1.61. The molecule has 110 valence electrons. The molecule has 0 saturated heterocycles. The highest BCUT2D eigenvalue weighted by Crippen LogP contribution is 2.24. The lowest BCUT2D eigenvalue weighted by Crippen LogP contribution is -2.33. The van der Waals surface area contributed by atoms with Crippen molar-refractivity contribution in [3.05, 3.63) is 42.5 Å². The number of anilines is 1. The molecule has 2 aromatic carbocycles. The summed E-state index contributed by atoms with van der Waals surface area (Å²) in [5.41, 5.74) is 1.08. The minimum atomic E-state index is 0.733. The van der Waals surface area contributed by atoms with Crippen LogP contribution in [0.5, 0.6) is 0 Å². The van der Waals surface area contributed by atoms with E-state index in [4.69, 9.17) is 12.2 Å². The third-order valence-corrected chi connectivity index (χ3v) is 4.56. The highest BCUT2D eigenvalue weighted by atomic mass is 32.1. The predicted molar refractivity (Wildman–Crippen MR) is 94.7 cm³/mol. The largest absolute Gasteiger partial charge is 0.362 e. The molecule has 2 N–H and O–H groups in total. The van der Waals surface area contributed by atoms with Crippen LogP contribution in [0.3, 0.4) is 0 Å². The molecule has 0 amide bonds. The van der Waals surface area contributed by atoms with E-state index in [9.17, 15) is 0 Å². The molecule has 0 spiro atoms. The van der Waals surface area contributed by atoms with Crippen LogP contribution in [-0.4, -0.2) is 11.7 Å². The average Bonchev–Trinajstić information content (AvgIpc) is 2.54. The van der Waals surface area contributed by atoms with Crippen LogP contribution in [0.2, 0.25) is 0 Å². The van der Waals surface area contributed by atoms with Gasteiger partial charge in [0.05, 0.1) is 0 Å². The molecular weight excluding hydrogens is 276 g/mol. The summed E-state index contributed by atoms with van der Waals surface area (Å²) in [5.74, 6) is 0.783. The van der Waals surface area contributed by atoms with E-state index in [0.717, 1.165) is 23.3 Å². The van der Waals surface area contributed by atoms with Gasteiger partial charge in [0.25, 0.3) is 0 Å². The van der Waals surface area contributed by atoms with Crippen LogP contribution in [0.25, 0.3) is 10.8 Å². The van der Waals surface area contributed by atoms with Gasteiger partial charge in [-0.3, -0.25) is 0 Å². The molecule has 1 aliphatic rings. The number of nitrogens with one attached hydrogen (secondary N) is 2. The van der Waals surface area contributed by atoms with Gasteiger partial charge in [-0.1, -0.05) is 55.7 Å². The summed E-state index contributed by atoms with van der Waals surface area (Å²) in [4.78, 5) is 0. The Morgan fingerprint density at radius 1 is 1.00 bits per heavy atom. The molecule has 1 saturated carbocycles. The SMILES string of the molecule is S=C(NCC1CCCCC1)Nc1cccc2ccccc12. The molecule has 0 bridgehead atoms. The topological polar surface area (TPSA) is 24.1 Å². The zero-order valence-corrected chi connectivity index (χ0v) is 13.1. The molecule has 0 aliphatic heterocycles. The van der Waals surface area contributed by atoms with Crippen LogP contribution in [0.15, 0.2) is 42.5 Å². The third-order valence-electron chi connectivity index (χ3n) is 4.31. The summed E-state index contributed by atoms with van der Waals surface area (Å²) in [6.45, 7) is 0.997. The van der Waals surface area contributed by atoms with Gasteiger partial charge < -0.3 is 10.6 Å². The van der Waals surface area contributed by atoms with Crippen molar-refractivity contribution in [2.24, 2.45) is 5.92 Å². The fourth-order valence-corrected chi connectivity index (χ4v) is 3.32. The fourth-order valence-electron chi connectivity index (χ4n) is 3.13. The summed E-state index contributed by atoms with van der Waals surface area (Å²) in [6, 6.07) is 14.6. The molecular formula is C18H22N2S. The van der Waals surface area contributed by atoms with E-state index in [0.29, 0.717) is 0 Å². The Balaban J connectivity index is 1.61. The maximum absolute atomic E-state index is 5.45. The van der Waals surface area contributed by atoms with Gasteiger partial charge in [0.15, 0.2) is 5.11 Å². The number of hydrogen-bond donors (Lipinski definition) is 2. The van der Waals surface area contributed by atoms with Crippen molar-refractivity contribution in [2.45, 2.75) is 32.1 Å². The van der Waals surface area contributed by atoms with Crippen molar-refractivity contribution >= 4 is 33.8 Å². The standard InChI is InChI=1S/C18H22N2S/c21-18(19-13-14-7-2-1-3-8-14)20-17-12-6-10-15-9-4-5-11-16(15)17/h4-6,9-12,14H,1-3,7-8,13H2,(H2,19,20,21). The zero-order chi connectivity index (χ0) is 14.5. The van der Waals surface area contributed by atoms with Gasteiger partial charge in [0.2, 0.25) is 0 Å². The quantitative estimate of drug-likeness (QED) is 0.803. The van der Waals surface area contributed by atoms with Gasteiger partial charge in [-0.2, -0.15) is 0 Å². The van der Waals surface area contributed by atoms with E-state index < -0.39 is 0 Å². The molecule has 0 heterocycles. The first-order chi connectivity index (χ1) is 10.3. The molecule has 0 unspecified atom stereocenters. The minimum absolute atomic E-state index is 0.733. The fraction of sp³-hybridized carbons (Fsp3) is 0.389. The van der Waals surface area contributed by atoms with Crippen LogP contribution in [-0.2, 0) is 0 Å². The number of hydrogen-bond acceptors (Lipinski definition) is 1. The molecule has 21 heavy (non-hydrogen) atoms. The average molecular weight is 298 g/mol. The van der Waals surface area contributed by atoms with Crippen LogP contribution in [0.4, 0.5) is 5.69 Å². The number of fused-ring (bicyclic) bond motifs is 1. The first-order valence-electron chi connectivity index (χ1n) is 7.85. The molecule has 0 radical (unpaired) electrons. The molecule has 1 fully saturated rings. The minimum Gasteiger partial charge on any atom is -0.362 e. The van der Waals surface area contributed by atoms with Crippen molar-refractivity contribution in [3.8, 4) is 0 Å². The maximum Gasteiger partial charge on any atom is 0.170 e. The van der Waals surface area contributed by atoms with Gasteiger partial charge in [-0.15, -0.1) is 0 Å². The summed E-state index contributed by atoms with van der Waals surface area (Å²) < 4.78 is 0. The van der Waals surface area contributed by atoms with Gasteiger partial charge in [0.1, 0.15) is 0 Å². The van der Waals surface area contributed by atoms with Crippen molar-refractivity contribution in [1.29, 1.82) is 0 Å². The summed E-state index contributed by atoms with van der Waals surface area (Å²) >= 11 is 5.45. The van der Waals surface area contributed by atoms with Crippen molar-refractivity contribution in [1.82, 2.24) is 5.32 Å². The highest BCUT2D eigenvalue weighted by molar-refractivity contribution is 7.80. The Bertz CT molecular complexity index is 612. The molecule has 0 atom stereocenters. The first kappa shape index (κ1) is 14.3.